The number of amides is 1. The SMILES string of the molecule is C=CN=C(/C=C\C)C(C)c1ccc(Cl)cc1/C=C/CC.CC.CC1CCN(C(=O)OC(C)(C)C)CC1.CCCOS(C)(=O)=O. The van der Waals surface area contributed by atoms with Gasteiger partial charge in [-0.1, -0.05) is 84.0 Å². The summed E-state index contributed by atoms with van der Waals surface area (Å²) in [5, 5.41) is 0.755. The fraction of sp³-hybridized carbons (Fsp3) is 0.600. The first-order valence-electron chi connectivity index (χ1n) is 15.7. The monoisotopic (exact) mass is 654 g/mol. The van der Waals surface area contributed by atoms with E-state index in [2.05, 4.69) is 54.7 Å². The highest BCUT2D eigenvalue weighted by molar-refractivity contribution is 7.85. The topological polar surface area (TPSA) is 85.3 Å². The van der Waals surface area contributed by atoms with Crippen molar-refractivity contribution < 1.29 is 22.1 Å². The molecule has 44 heavy (non-hydrogen) atoms. The highest BCUT2D eigenvalue weighted by Gasteiger charge is 2.25. The number of piperidine rings is 1. The van der Waals surface area contributed by atoms with Crippen LogP contribution in [-0.2, 0) is 19.0 Å². The second kappa shape index (κ2) is 23.9. The van der Waals surface area contributed by atoms with Gasteiger partial charge in [0.2, 0.25) is 0 Å². The molecule has 9 heteroatoms. The van der Waals surface area contributed by atoms with Crippen LogP contribution in [0.5, 0.6) is 0 Å². The maximum absolute atomic E-state index is 11.6. The number of rotatable bonds is 9. The van der Waals surface area contributed by atoms with Crippen LogP contribution in [0.15, 0.2) is 54.2 Å². The molecule has 0 radical (unpaired) electrons. The van der Waals surface area contributed by atoms with Crippen LogP contribution < -0.4 is 0 Å². The van der Waals surface area contributed by atoms with Gasteiger partial charge in [0.15, 0.2) is 0 Å². The molecule has 1 aliphatic rings. The fourth-order valence-corrected chi connectivity index (χ4v) is 4.47. The molecule has 1 atom stereocenters. The third kappa shape index (κ3) is 21.3. The summed E-state index contributed by atoms with van der Waals surface area (Å²) in [7, 11) is -3.19. The minimum atomic E-state index is -3.19. The number of nitrogens with zero attached hydrogens (tertiary/aromatic N) is 2. The van der Waals surface area contributed by atoms with E-state index in [0.717, 1.165) is 67.2 Å². The Kier molecular flexibility index (Phi) is 23.7. The van der Waals surface area contributed by atoms with Gasteiger partial charge in [-0.05, 0) is 88.6 Å². The number of benzene rings is 1. The number of likely N-dealkylation sites (tertiary alicyclic amines) is 1. The van der Waals surface area contributed by atoms with Gasteiger partial charge in [-0.2, -0.15) is 8.42 Å². The zero-order chi connectivity index (χ0) is 34.3. The minimum absolute atomic E-state index is 0.163. The Bertz CT molecular complexity index is 1150. The van der Waals surface area contributed by atoms with Crippen LogP contribution in [0.4, 0.5) is 4.79 Å². The van der Waals surface area contributed by atoms with Gasteiger partial charge in [-0.25, -0.2) is 4.79 Å². The van der Waals surface area contributed by atoms with Crippen LogP contribution in [0, 0.1) is 5.92 Å². The zero-order valence-electron chi connectivity index (χ0n) is 29.2. The van der Waals surface area contributed by atoms with E-state index in [1.54, 1.807) is 6.20 Å². The van der Waals surface area contributed by atoms with Crippen LogP contribution in [-0.4, -0.2) is 56.7 Å². The van der Waals surface area contributed by atoms with Crippen LogP contribution in [0.1, 0.15) is 112 Å². The Labute approximate surface area is 274 Å². The molecular weight excluding hydrogens is 596 g/mol. The predicted octanol–water partition coefficient (Wildman–Crippen LogP) is 10.1. The van der Waals surface area contributed by atoms with E-state index in [4.69, 9.17) is 16.3 Å². The Balaban J connectivity index is 0. The van der Waals surface area contributed by atoms with Gasteiger partial charge in [-0.15, -0.1) is 0 Å². The molecule has 0 N–H and O–H groups in total. The maximum atomic E-state index is 11.6. The van der Waals surface area contributed by atoms with Gasteiger partial charge in [0, 0.05) is 35.9 Å². The molecule has 1 heterocycles. The van der Waals surface area contributed by atoms with Crippen molar-refractivity contribution in [2.45, 2.75) is 106 Å². The van der Waals surface area contributed by atoms with Crippen LogP contribution in [0.2, 0.25) is 5.02 Å². The second-order valence-corrected chi connectivity index (χ2v) is 13.3. The third-order valence-corrected chi connectivity index (χ3v) is 6.84. The van der Waals surface area contributed by atoms with Crippen LogP contribution >= 0.6 is 11.6 Å². The lowest BCUT2D eigenvalue weighted by Crippen LogP contribution is -2.41. The summed E-state index contributed by atoms with van der Waals surface area (Å²) >= 11 is 6.11. The molecule has 0 spiro atoms. The molecule has 1 unspecified atom stereocenters. The van der Waals surface area contributed by atoms with Gasteiger partial charge in [0.05, 0.1) is 12.9 Å². The van der Waals surface area contributed by atoms with Gasteiger partial charge in [0.1, 0.15) is 5.60 Å². The molecule has 1 aliphatic heterocycles. The number of hydrogen-bond donors (Lipinski definition) is 0. The normalized spacial score (nSPS) is 14.9. The van der Waals surface area contributed by atoms with E-state index >= 15 is 0 Å². The second-order valence-electron chi connectivity index (χ2n) is 11.2. The molecule has 0 aromatic heterocycles. The number of hydrogen-bond acceptors (Lipinski definition) is 6. The molecular formula is C35H59ClN2O5S. The van der Waals surface area contributed by atoms with Crippen molar-refractivity contribution in [1.29, 1.82) is 0 Å². The fourth-order valence-electron chi connectivity index (χ4n) is 3.82. The molecule has 0 aliphatic carbocycles. The molecule has 1 saturated heterocycles. The number of allylic oxidation sites excluding steroid dienone is 3. The summed E-state index contributed by atoms with van der Waals surface area (Å²) in [5.41, 5.74) is 2.99. The molecule has 1 aromatic carbocycles. The van der Waals surface area contributed by atoms with E-state index < -0.39 is 10.1 Å². The van der Waals surface area contributed by atoms with Crippen LogP contribution in [0.3, 0.4) is 0 Å². The summed E-state index contributed by atoms with van der Waals surface area (Å²) in [4.78, 5) is 17.8. The largest absolute Gasteiger partial charge is 0.444 e. The summed E-state index contributed by atoms with van der Waals surface area (Å²) in [6, 6.07) is 6.00. The van der Waals surface area contributed by atoms with E-state index in [9.17, 15) is 13.2 Å². The Hall–Kier alpha value is -2.42. The Morgan fingerprint density at radius 3 is 2.23 bits per heavy atom. The van der Waals surface area contributed by atoms with Crippen molar-refractivity contribution in [3.63, 3.8) is 0 Å². The smallest absolute Gasteiger partial charge is 0.410 e. The molecule has 1 amide bonds. The van der Waals surface area contributed by atoms with Gasteiger partial charge >= 0.3 is 6.09 Å². The standard InChI is InChI=1S/C18H22ClN.C11H21NO2.C4H10O3S.C2H6/c1-5-8-10-15-13-16(19)11-12-17(15)14(4)18(9-6-2)20-7-3;1-9-5-7-12(8-6-9)10(13)14-11(2,3)4;1-3-4-7-8(2,5)6;1-2/h6-14H,3,5H2,1-2,4H3;9H,5-8H2,1-4H3;3-4H2,1-2H3;1-2H3/b9-6-,10-8+,20-18?;;;. The first kappa shape index (κ1) is 43.7. The van der Waals surface area contributed by atoms with Crippen molar-refractivity contribution in [3.05, 3.63) is 65.4 Å². The van der Waals surface area contributed by atoms with Crippen molar-refractivity contribution in [3.8, 4) is 0 Å². The average molecular weight is 655 g/mol. The number of ether oxygens (including phenoxy) is 1. The first-order valence-corrected chi connectivity index (χ1v) is 17.9. The summed E-state index contributed by atoms with van der Waals surface area (Å²) < 4.78 is 30.0. The highest BCUT2D eigenvalue weighted by atomic mass is 35.5. The quantitative estimate of drug-likeness (QED) is 0.195. The minimum Gasteiger partial charge on any atom is -0.444 e. The number of halogens is 1. The van der Waals surface area contributed by atoms with Gasteiger partial charge in [-0.3, -0.25) is 9.18 Å². The summed E-state index contributed by atoms with van der Waals surface area (Å²) in [6.07, 6.45) is 14.7. The number of aliphatic imine (C=N–C) groups is 1. The average Bonchev–Trinajstić information content (AvgIpc) is 2.95. The maximum Gasteiger partial charge on any atom is 0.410 e. The molecule has 0 saturated carbocycles. The molecule has 1 fully saturated rings. The summed E-state index contributed by atoms with van der Waals surface area (Å²) in [6.45, 7) is 25.7. The highest BCUT2D eigenvalue weighted by Crippen LogP contribution is 2.26. The number of carbonyl (C=O) groups is 1. The van der Waals surface area contributed by atoms with E-state index in [1.807, 2.05) is 77.7 Å². The zero-order valence-corrected chi connectivity index (χ0v) is 30.7. The van der Waals surface area contributed by atoms with Gasteiger partial charge < -0.3 is 9.64 Å². The van der Waals surface area contributed by atoms with E-state index in [0.29, 0.717) is 6.61 Å². The molecule has 2 rings (SSSR count). The van der Waals surface area contributed by atoms with Crippen molar-refractivity contribution in [1.82, 2.24) is 4.90 Å². The predicted molar refractivity (Wildman–Crippen MR) is 190 cm³/mol. The lowest BCUT2D eigenvalue weighted by molar-refractivity contribution is 0.0190. The molecule has 1 aromatic rings. The van der Waals surface area contributed by atoms with Gasteiger partial charge in [0.25, 0.3) is 10.1 Å². The van der Waals surface area contributed by atoms with Crippen molar-refractivity contribution in [2.24, 2.45) is 10.9 Å². The van der Waals surface area contributed by atoms with Crippen molar-refractivity contribution in [2.75, 3.05) is 26.0 Å². The Morgan fingerprint density at radius 1 is 1.20 bits per heavy atom. The lowest BCUT2D eigenvalue weighted by atomic mass is 9.91. The van der Waals surface area contributed by atoms with Crippen LogP contribution in [0.25, 0.3) is 6.08 Å². The Morgan fingerprint density at radius 2 is 1.80 bits per heavy atom. The first-order chi connectivity index (χ1) is 20.6. The molecule has 0 bridgehead atoms. The third-order valence-electron chi connectivity index (χ3n) is 6.01. The lowest BCUT2D eigenvalue weighted by Gasteiger charge is -2.32. The van der Waals surface area contributed by atoms with E-state index in [1.165, 1.54) is 5.56 Å². The molecule has 7 nitrogen and oxygen atoms in total. The molecule has 252 valence electrons. The van der Waals surface area contributed by atoms with Crippen molar-refractivity contribution >= 4 is 39.6 Å². The summed E-state index contributed by atoms with van der Waals surface area (Å²) in [5.74, 6) is 0.937. The number of carbonyl (C=O) groups excluding carboxylic acids is 1. The van der Waals surface area contributed by atoms with E-state index in [-0.39, 0.29) is 17.6 Å².